The van der Waals surface area contributed by atoms with Gasteiger partial charge in [-0.05, 0) is 67.2 Å². The Labute approximate surface area is 162 Å². The number of likely N-dealkylation sites (tertiary alicyclic amines) is 1. The molecule has 1 spiro atoms. The number of nitrogens with one attached hydrogen (secondary N) is 2. The van der Waals surface area contributed by atoms with Gasteiger partial charge in [-0.1, -0.05) is 0 Å². The van der Waals surface area contributed by atoms with E-state index < -0.39 is 0 Å². The molecule has 3 N–H and O–H groups in total. The molecule has 2 aliphatic heterocycles. The van der Waals surface area contributed by atoms with Crippen molar-refractivity contribution in [2.24, 2.45) is 5.41 Å². The van der Waals surface area contributed by atoms with Gasteiger partial charge < -0.3 is 15.2 Å². The minimum atomic E-state index is -0.306. The Bertz CT molecular complexity index is 999. The van der Waals surface area contributed by atoms with E-state index in [0.29, 0.717) is 11.1 Å². The lowest BCUT2D eigenvalue weighted by atomic mass is 9.71. The SMILES string of the molecule is O=CC(c1cc(-c2ccc(O)cc2)nc2[nH]ncc12)N1CC2(CCNCC2)C1. The van der Waals surface area contributed by atoms with Crippen molar-refractivity contribution >= 4 is 17.3 Å². The standard InChI is InChI=1S/C21H23N5O2/c27-11-19(26-12-21(13-26)5-7-22-8-6-21)16-9-18(14-1-3-15(28)4-2-14)24-20-17(16)10-23-25-20/h1-4,9-11,19,22,28H,5-8,12-13H2,(H,23,24,25). The van der Waals surface area contributed by atoms with E-state index in [4.69, 9.17) is 0 Å². The summed E-state index contributed by atoms with van der Waals surface area (Å²) in [5.74, 6) is 0.213. The van der Waals surface area contributed by atoms with Crippen molar-refractivity contribution in [1.29, 1.82) is 0 Å². The summed E-state index contributed by atoms with van der Waals surface area (Å²) >= 11 is 0. The van der Waals surface area contributed by atoms with Gasteiger partial charge in [0.05, 0.1) is 17.9 Å². The van der Waals surface area contributed by atoms with E-state index in [0.717, 1.165) is 54.7 Å². The number of phenolic OH excluding ortho intramolecular Hbond substituents is 1. The summed E-state index contributed by atoms with van der Waals surface area (Å²) in [5.41, 5.74) is 3.61. The maximum atomic E-state index is 12.1. The third-order valence-corrected chi connectivity index (χ3v) is 6.20. The number of benzene rings is 1. The molecule has 1 atom stereocenters. The van der Waals surface area contributed by atoms with Gasteiger partial charge in [-0.15, -0.1) is 0 Å². The predicted molar refractivity (Wildman–Crippen MR) is 106 cm³/mol. The number of H-pyrrole nitrogens is 1. The normalized spacial score (nSPS) is 20.1. The number of aromatic nitrogens is 3. The zero-order valence-electron chi connectivity index (χ0n) is 15.6. The van der Waals surface area contributed by atoms with Gasteiger partial charge in [0.2, 0.25) is 0 Å². The Morgan fingerprint density at radius 2 is 1.93 bits per heavy atom. The maximum absolute atomic E-state index is 12.1. The van der Waals surface area contributed by atoms with Crippen molar-refractivity contribution in [3.63, 3.8) is 0 Å². The van der Waals surface area contributed by atoms with E-state index in [1.807, 2.05) is 18.2 Å². The van der Waals surface area contributed by atoms with Crippen molar-refractivity contribution in [2.75, 3.05) is 26.2 Å². The van der Waals surface area contributed by atoms with Crippen molar-refractivity contribution in [3.05, 3.63) is 42.1 Å². The zero-order valence-corrected chi connectivity index (χ0v) is 15.6. The highest BCUT2D eigenvalue weighted by Crippen LogP contribution is 2.43. The summed E-state index contributed by atoms with van der Waals surface area (Å²) in [7, 11) is 0. The molecule has 4 heterocycles. The van der Waals surface area contributed by atoms with Gasteiger partial charge in [0.25, 0.3) is 0 Å². The molecule has 1 unspecified atom stereocenters. The van der Waals surface area contributed by atoms with Crippen molar-refractivity contribution in [1.82, 2.24) is 25.4 Å². The van der Waals surface area contributed by atoms with Crippen LogP contribution in [0.3, 0.4) is 0 Å². The van der Waals surface area contributed by atoms with Crippen LogP contribution in [-0.2, 0) is 4.79 Å². The number of fused-ring (bicyclic) bond motifs is 1. The minimum absolute atomic E-state index is 0.213. The van der Waals surface area contributed by atoms with Crippen molar-refractivity contribution in [2.45, 2.75) is 18.9 Å². The monoisotopic (exact) mass is 377 g/mol. The molecule has 144 valence electrons. The van der Waals surface area contributed by atoms with Crippen LogP contribution in [0.1, 0.15) is 24.4 Å². The summed E-state index contributed by atoms with van der Waals surface area (Å²) < 4.78 is 0. The number of piperidine rings is 1. The van der Waals surface area contributed by atoms with E-state index in [2.05, 4.69) is 25.4 Å². The van der Waals surface area contributed by atoms with Gasteiger partial charge in [-0.3, -0.25) is 10.00 Å². The number of aldehydes is 1. The number of carbonyl (C=O) groups excluding carboxylic acids is 1. The number of rotatable bonds is 4. The second-order valence-corrected chi connectivity index (χ2v) is 8.01. The Morgan fingerprint density at radius 1 is 1.18 bits per heavy atom. The fraction of sp³-hybridized carbons (Fsp3) is 0.381. The molecule has 2 aromatic heterocycles. The molecule has 0 radical (unpaired) electrons. The van der Waals surface area contributed by atoms with Crippen LogP contribution in [0.5, 0.6) is 5.75 Å². The van der Waals surface area contributed by atoms with Crippen LogP contribution in [-0.4, -0.2) is 57.7 Å². The number of pyridine rings is 1. The predicted octanol–water partition coefficient (Wildman–Crippen LogP) is 2.26. The first-order chi connectivity index (χ1) is 13.7. The highest BCUT2D eigenvalue weighted by molar-refractivity contribution is 5.85. The first kappa shape index (κ1) is 17.3. The number of carbonyl (C=O) groups is 1. The number of phenols is 1. The fourth-order valence-corrected chi connectivity index (χ4v) is 4.62. The molecular weight excluding hydrogens is 354 g/mol. The molecule has 3 aromatic rings. The van der Waals surface area contributed by atoms with Crippen LogP contribution in [0.15, 0.2) is 36.5 Å². The molecule has 0 bridgehead atoms. The zero-order chi connectivity index (χ0) is 19.1. The summed E-state index contributed by atoms with van der Waals surface area (Å²) in [5, 5.41) is 20.9. The van der Waals surface area contributed by atoms with Gasteiger partial charge in [0.1, 0.15) is 12.0 Å². The molecular formula is C21H23N5O2. The topological polar surface area (TPSA) is 94.1 Å². The summed E-state index contributed by atoms with van der Waals surface area (Å²) in [4.78, 5) is 19.1. The molecule has 0 amide bonds. The lowest BCUT2D eigenvalue weighted by molar-refractivity contribution is -0.120. The molecule has 2 aliphatic rings. The third kappa shape index (κ3) is 2.87. The van der Waals surface area contributed by atoms with E-state index in [1.54, 1.807) is 18.3 Å². The Morgan fingerprint density at radius 3 is 2.64 bits per heavy atom. The van der Waals surface area contributed by atoms with Gasteiger partial charge in [0.15, 0.2) is 5.65 Å². The lowest BCUT2D eigenvalue weighted by Crippen LogP contribution is -2.60. The lowest BCUT2D eigenvalue weighted by Gasteiger charge is -2.54. The van der Waals surface area contributed by atoms with E-state index in [9.17, 15) is 9.90 Å². The van der Waals surface area contributed by atoms with E-state index in [1.165, 1.54) is 12.8 Å². The molecule has 7 nitrogen and oxygen atoms in total. The molecule has 28 heavy (non-hydrogen) atoms. The Kier molecular flexibility index (Phi) is 4.14. The van der Waals surface area contributed by atoms with Crippen LogP contribution >= 0.6 is 0 Å². The molecule has 2 saturated heterocycles. The number of aromatic amines is 1. The number of hydrogen-bond donors (Lipinski definition) is 3. The molecule has 1 aromatic carbocycles. The van der Waals surface area contributed by atoms with Crippen LogP contribution in [0, 0.1) is 5.41 Å². The van der Waals surface area contributed by atoms with E-state index >= 15 is 0 Å². The summed E-state index contributed by atoms with van der Waals surface area (Å²) in [6.07, 6.45) is 5.13. The molecule has 0 saturated carbocycles. The fourth-order valence-electron chi connectivity index (χ4n) is 4.62. The highest BCUT2D eigenvalue weighted by atomic mass is 16.3. The van der Waals surface area contributed by atoms with Crippen LogP contribution in [0.4, 0.5) is 0 Å². The second kappa shape index (κ2) is 6.68. The van der Waals surface area contributed by atoms with Gasteiger partial charge in [-0.2, -0.15) is 5.10 Å². The van der Waals surface area contributed by atoms with Crippen molar-refractivity contribution in [3.8, 4) is 17.0 Å². The average Bonchev–Trinajstić information content (AvgIpc) is 3.17. The van der Waals surface area contributed by atoms with Crippen LogP contribution in [0.2, 0.25) is 0 Å². The molecule has 7 heteroatoms. The quantitative estimate of drug-likeness (QED) is 0.604. The van der Waals surface area contributed by atoms with Crippen molar-refractivity contribution < 1.29 is 9.90 Å². The van der Waals surface area contributed by atoms with Crippen LogP contribution < -0.4 is 5.32 Å². The molecule has 2 fully saturated rings. The van der Waals surface area contributed by atoms with Gasteiger partial charge in [-0.25, -0.2) is 4.98 Å². The number of hydrogen-bond acceptors (Lipinski definition) is 6. The first-order valence-electron chi connectivity index (χ1n) is 9.71. The van der Waals surface area contributed by atoms with Gasteiger partial charge >= 0.3 is 0 Å². The third-order valence-electron chi connectivity index (χ3n) is 6.20. The largest absolute Gasteiger partial charge is 0.508 e. The Hall–Kier alpha value is -2.77. The second-order valence-electron chi connectivity index (χ2n) is 8.01. The van der Waals surface area contributed by atoms with Crippen LogP contribution in [0.25, 0.3) is 22.3 Å². The number of aromatic hydroxyl groups is 1. The molecule has 5 rings (SSSR count). The maximum Gasteiger partial charge on any atom is 0.156 e. The highest BCUT2D eigenvalue weighted by Gasteiger charge is 2.46. The summed E-state index contributed by atoms with van der Waals surface area (Å²) in [6, 6.07) is 8.61. The smallest absolute Gasteiger partial charge is 0.156 e. The first-order valence-corrected chi connectivity index (χ1v) is 9.71. The van der Waals surface area contributed by atoms with E-state index in [-0.39, 0.29) is 11.8 Å². The average molecular weight is 377 g/mol. The number of nitrogens with zero attached hydrogens (tertiary/aromatic N) is 3. The minimum Gasteiger partial charge on any atom is -0.508 e. The summed E-state index contributed by atoms with van der Waals surface area (Å²) in [6.45, 7) is 4.03. The molecule has 0 aliphatic carbocycles. The Balaban J connectivity index is 1.51. The van der Waals surface area contributed by atoms with Gasteiger partial charge in [0, 0.05) is 24.0 Å².